The molecule has 1 heterocycles. The summed E-state index contributed by atoms with van der Waals surface area (Å²) in [6.07, 6.45) is -0.153. The van der Waals surface area contributed by atoms with Crippen LogP contribution in [-0.4, -0.2) is 30.4 Å². The highest BCUT2D eigenvalue weighted by Crippen LogP contribution is 2.45. The molecule has 12 heteroatoms. The van der Waals surface area contributed by atoms with E-state index in [-0.39, 0.29) is 10.6 Å². The molecule has 0 bridgehead atoms. The van der Waals surface area contributed by atoms with Crippen LogP contribution in [0.5, 0.6) is 0 Å². The van der Waals surface area contributed by atoms with Crippen molar-refractivity contribution in [2.45, 2.75) is 36.1 Å². The molecular weight excluding hydrogens is 438 g/mol. The summed E-state index contributed by atoms with van der Waals surface area (Å²) in [4.78, 5) is 12.1. The molecule has 158 valence electrons. The Hall–Kier alpha value is -2.11. The van der Waals surface area contributed by atoms with Gasteiger partial charge in [0, 0.05) is 31.6 Å². The van der Waals surface area contributed by atoms with Crippen LogP contribution in [0.15, 0.2) is 29.3 Å². The highest BCUT2D eigenvalue weighted by molar-refractivity contribution is 7.89. The lowest BCUT2D eigenvalue weighted by atomic mass is 9.76. The Bertz CT molecular complexity index is 1090. The summed E-state index contributed by atoms with van der Waals surface area (Å²) in [7, 11) is -2.81. The summed E-state index contributed by atoms with van der Waals surface area (Å²) in [6.45, 7) is 1.36. The lowest BCUT2D eigenvalue weighted by molar-refractivity contribution is -0.121. The number of benzene rings is 1. The van der Waals surface area contributed by atoms with Crippen molar-refractivity contribution in [2.75, 3.05) is 5.32 Å². The quantitative estimate of drug-likeness (QED) is 0.535. The van der Waals surface area contributed by atoms with Crippen LogP contribution in [0.1, 0.15) is 30.3 Å². The monoisotopic (exact) mass is 453 g/mol. The summed E-state index contributed by atoms with van der Waals surface area (Å²) in [6, 6.07) is 2.84. The van der Waals surface area contributed by atoms with Crippen LogP contribution >= 0.6 is 11.6 Å². The number of carbonyl (C=O) groups excluding carboxylic acids is 1. The molecule has 1 aliphatic rings. The number of aryl methyl sites for hydroxylation is 1. The molecule has 0 aliphatic heterocycles. The Morgan fingerprint density at radius 1 is 1.24 bits per heavy atom. The number of amides is 1. The summed E-state index contributed by atoms with van der Waals surface area (Å²) in [5.74, 6) is -5.99. The third kappa shape index (κ3) is 4.26. The van der Waals surface area contributed by atoms with E-state index in [2.05, 4.69) is 10.0 Å². The van der Waals surface area contributed by atoms with E-state index in [9.17, 15) is 30.8 Å². The second kappa shape index (κ2) is 6.99. The molecule has 0 unspecified atom stereocenters. The van der Waals surface area contributed by atoms with Crippen molar-refractivity contribution in [3.8, 4) is 0 Å². The first-order valence-corrected chi connectivity index (χ1v) is 10.1. The van der Waals surface area contributed by atoms with Crippen molar-refractivity contribution in [3.63, 3.8) is 0 Å². The van der Waals surface area contributed by atoms with Gasteiger partial charge in [0.1, 0.15) is 21.4 Å². The van der Waals surface area contributed by atoms with Crippen LogP contribution in [0.3, 0.4) is 0 Å². The Kier molecular flexibility index (Phi) is 5.21. The van der Waals surface area contributed by atoms with Gasteiger partial charge in [0.15, 0.2) is 5.82 Å². The second-order valence-electron chi connectivity index (χ2n) is 7.22. The Balaban J connectivity index is 1.81. The van der Waals surface area contributed by atoms with Gasteiger partial charge in [0.2, 0.25) is 10.0 Å². The summed E-state index contributed by atoms with van der Waals surface area (Å²) < 4.78 is 81.9. The fourth-order valence-corrected chi connectivity index (χ4v) is 4.90. The average molecular weight is 454 g/mol. The van der Waals surface area contributed by atoms with Gasteiger partial charge in [-0.25, -0.2) is 30.7 Å². The van der Waals surface area contributed by atoms with E-state index < -0.39 is 62.6 Å². The van der Waals surface area contributed by atoms with Gasteiger partial charge in [0.25, 0.3) is 11.8 Å². The van der Waals surface area contributed by atoms with Crippen molar-refractivity contribution in [1.29, 1.82) is 0 Å². The molecule has 1 aromatic heterocycles. The molecule has 0 radical (unpaired) electrons. The van der Waals surface area contributed by atoms with Gasteiger partial charge in [-0.05, 0) is 25.1 Å². The maximum Gasteiger partial charge on any atom is 0.272 e. The van der Waals surface area contributed by atoms with E-state index in [1.165, 1.54) is 18.5 Å². The maximum atomic E-state index is 14.0. The number of halogens is 5. The SMILES string of the molecule is Cn1cc(S(=O)(=O)NC2(C)CC(F)(F)C2)cc1C(=O)Nc1ccc(F)c(Cl)c1F. The molecule has 1 saturated carbocycles. The number of anilines is 1. The van der Waals surface area contributed by atoms with E-state index in [0.29, 0.717) is 0 Å². The normalized spacial score (nSPS) is 17.6. The minimum absolute atomic E-state index is 0.158. The van der Waals surface area contributed by atoms with E-state index >= 15 is 0 Å². The Labute approximate surface area is 168 Å². The Morgan fingerprint density at radius 2 is 1.86 bits per heavy atom. The van der Waals surface area contributed by atoms with Crippen molar-refractivity contribution < 1.29 is 30.8 Å². The zero-order valence-electron chi connectivity index (χ0n) is 15.2. The first-order chi connectivity index (χ1) is 13.2. The van der Waals surface area contributed by atoms with Gasteiger partial charge in [-0.3, -0.25) is 4.79 Å². The van der Waals surface area contributed by atoms with E-state index in [1.54, 1.807) is 0 Å². The molecule has 1 aliphatic carbocycles. The highest BCUT2D eigenvalue weighted by Gasteiger charge is 2.55. The molecule has 3 rings (SSSR count). The molecule has 2 aromatic rings. The number of carbonyl (C=O) groups is 1. The predicted molar refractivity (Wildman–Crippen MR) is 97.6 cm³/mol. The van der Waals surface area contributed by atoms with Crippen LogP contribution in [0, 0.1) is 11.6 Å². The molecule has 0 spiro atoms. The standard InChI is InChI=1S/C17H16ClF4N3O3S/c1-16(7-17(21,22)8-16)24-29(27,28)9-5-12(25(2)6-9)15(26)23-11-4-3-10(19)13(18)14(11)20/h3-6,24H,7-8H2,1-2H3,(H,23,26). The molecule has 0 saturated heterocycles. The van der Waals surface area contributed by atoms with Gasteiger partial charge >= 0.3 is 0 Å². The number of nitrogens with one attached hydrogen (secondary N) is 2. The fourth-order valence-electron chi connectivity index (χ4n) is 3.26. The molecule has 1 amide bonds. The summed E-state index contributed by atoms with van der Waals surface area (Å²) in [5, 5.41) is 1.38. The van der Waals surface area contributed by atoms with E-state index in [0.717, 1.165) is 24.4 Å². The van der Waals surface area contributed by atoms with Gasteiger partial charge in [-0.1, -0.05) is 11.6 Å². The third-order valence-corrected chi connectivity index (χ3v) is 6.44. The maximum absolute atomic E-state index is 14.0. The number of rotatable bonds is 5. The molecule has 1 aromatic carbocycles. The first-order valence-electron chi connectivity index (χ1n) is 8.26. The van der Waals surface area contributed by atoms with Gasteiger partial charge in [-0.2, -0.15) is 0 Å². The molecule has 1 fully saturated rings. The number of hydrogen-bond acceptors (Lipinski definition) is 3. The summed E-state index contributed by atoms with van der Waals surface area (Å²) >= 11 is 5.46. The number of alkyl halides is 2. The van der Waals surface area contributed by atoms with Crippen LogP contribution in [-0.2, 0) is 17.1 Å². The topological polar surface area (TPSA) is 80.2 Å². The molecule has 29 heavy (non-hydrogen) atoms. The molecule has 0 atom stereocenters. The summed E-state index contributed by atoms with van der Waals surface area (Å²) in [5.41, 5.74) is -1.85. The number of aromatic nitrogens is 1. The Morgan fingerprint density at radius 3 is 2.45 bits per heavy atom. The second-order valence-corrected chi connectivity index (χ2v) is 9.29. The number of hydrogen-bond donors (Lipinski definition) is 2. The van der Waals surface area contributed by atoms with Crippen LogP contribution in [0.4, 0.5) is 23.2 Å². The van der Waals surface area contributed by atoms with E-state index in [1.807, 2.05) is 0 Å². The first kappa shape index (κ1) is 21.6. The molecule has 6 nitrogen and oxygen atoms in total. The molecular formula is C17H16ClF4N3O3S. The largest absolute Gasteiger partial charge is 0.345 e. The van der Waals surface area contributed by atoms with Gasteiger partial charge < -0.3 is 9.88 Å². The lowest BCUT2D eigenvalue weighted by Crippen LogP contribution is -2.60. The van der Waals surface area contributed by atoms with Crippen molar-refractivity contribution >= 4 is 33.2 Å². The van der Waals surface area contributed by atoms with Crippen LogP contribution in [0.25, 0.3) is 0 Å². The van der Waals surface area contributed by atoms with Gasteiger partial charge in [-0.15, -0.1) is 0 Å². The minimum Gasteiger partial charge on any atom is -0.345 e. The predicted octanol–water partition coefficient (Wildman–Crippen LogP) is 3.68. The minimum atomic E-state index is -4.19. The van der Waals surface area contributed by atoms with E-state index in [4.69, 9.17) is 11.6 Å². The van der Waals surface area contributed by atoms with Gasteiger partial charge in [0.05, 0.1) is 5.69 Å². The molecule has 2 N–H and O–H groups in total. The van der Waals surface area contributed by atoms with Crippen molar-refractivity contribution in [2.24, 2.45) is 7.05 Å². The lowest BCUT2D eigenvalue weighted by Gasteiger charge is -2.44. The van der Waals surface area contributed by atoms with Crippen LogP contribution in [0.2, 0.25) is 5.02 Å². The number of nitrogens with zero attached hydrogens (tertiary/aromatic N) is 1. The smallest absolute Gasteiger partial charge is 0.272 e. The van der Waals surface area contributed by atoms with Crippen molar-refractivity contribution in [1.82, 2.24) is 9.29 Å². The average Bonchev–Trinajstić information content (AvgIpc) is 2.95. The third-order valence-electron chi connectivity index (χ3n) is 4.48. The van der Waals surface area contributed by atoms with Crippen molar-refractivity contribution in [3.05, 3.63) is 46.7 Å². The zero-order chi connectivity index (χ0) is 21.8. The zero-order valence-corrected chi connectivity index (χ0v) is 16.8. The highest BCUT2D eigenvalue weighted by atomic mass is 35.5. The fraction of sp³-hybridized carbons (Fsp3) is 0.353. The number of sulfonamides is 1. The van der Waals surface area contributed by atoms with Crippen LogP contribution < -0.4 is 10.0 Å².